The molecule has 0 spiro atoms. The van der Waals surface area contributed by atoms with Crippen molar-refractivity contribution in [3.63, 3.8) is 0 Å². The molecule has 0 radical (unpaired) electrons. The minimum absolute atomic E-state index is 0.0869. The van der Waals surface area contributed by atoms with Gasteiger partial charge in [0.1, 0.15) is 5.82 Å². The zero-order valence-electron chi connectivity index (χ0n) is 15.2. The van der Waals surface area contributed by atoms with Crippen molar-refractivity contribution in [2.45, 2.75) is 12.3 Å². The first kappa shape index (κ1) is 18.2. The van der Waals surface area contributed by atoms with Crippen LogP contribution in [0.25, 0.3) is 0 Å². The number of fused-ring (bicyclic) bond motifs is 1. The van der Waals surface area contributed by atoms with Gasteiger partial charge in [0.15, 0.2) is 0 Å². The van der Waals surface area contributed by atoms with Gasteiger partial charge in [-0.15, -0.1) is 0 Å². The molecule has 2 aromatic carbocycles. The molecule has 2 heterocycles. The van der Waals surface area contributed by atoms with Gasteiger partial charge < -0.3 is 15.1 Å². The lowest BCUT2D eigenvalue weighted by Crippen LogP contribution is -2.52. The molecule has 0 aromatic heterocycles. The summed E-state index contributed by atoms with van der Waals surface area (Å²) < 4.78 is 13.0. The first-order valence-corrected chi connectivity index (χ1v) is 9.25. The average molecular weight is 381 g/mol. The molecule has 144 valence electrons. The topological polar surface area (TPSA) is 69.7 Å². The van der Waals surface area contributed by atoms with Crippen LogP contribution in [0.1, 0.15) is 28.3 Å². The quantitative estimate of drug-likeness (QED) is 0.867. The van der Waals surface area contributed by atoms with E-state index in [0.717, 1.165) is 5.56 Å². The summed E-state index contributed by atoms with van der Waals surface area (Å²) in [5.74, 6) is -1.30. The number of benzene rings is 2. The molecule has 4 rings (SSSR count). The fourth-order valence-corrected chi connectivity index (χ4v) is 3.76. The summed E-state index contributed by atoms with van der Waals surface area (Å²) in [5.41, 5.74) is 1.94. The number of nitrogens with one attached hydrogen (secondary N) is 1. The van der Waals surface area contributed by atoms with Crippen LogP contribution in [0, 0.1) is 5.82 Å². The fourth-order valence-electron chi connectivity index (χ4n) is 3.76. The van der Waals surface area contributed by atoms with Gasteiger partial charge in [-0.05, 0) is 35.9 Å². The van der Waals surface area contributed by atoms with Crippen LogP contribution >= 0.6 is 0 Å². The van der Waals surface area contributed by atoms with Crippen molar-refractivity contribution in [3.05, 3.63) is 65.5 Å². The minimum atomic E-state index is -0.496. The Morgan fingerprint density at radius 3 is 2.29 bits per heavy atom. The number of hydrogen-bond donors (Lipinski definition) is 1. The Bertz CT molecular complexity index is 921. The van der Waals surface area contributed by atoms with Gasteiger partial charge in [-0.3, -0.25) is 14.4 Å². The molecule has 3 amide bonds. The summed E-state index contributed by atoms with van der Waals surface area (Å²) >= 11 is 0. The van der Waals surface area contributed by atoms with Crippen LogP contribution in [-0.4, -0.2) is 53.7 Å². The summed E-state index contributed by atoms with van der Waals surface area (Å²) in [5, 5.41) is 2.80. The Balaban J connectivity index is 1.43. The highest BCUT2D eigenvalue weighted by molar-refractivity contribution is 6.01. The molecule has 1 fully saturated rings. The molecule has 1 unspecified atom stereocenters. The average Bonchev–Trinajstić information content (AvgIpc) is 2.73. The molecule has 0 saturated carbocycles. The van der Waals surface area contributed by atoms with Gasteiger partial charge in [-0.1, -0.05) is 18.2 Å². The van der Waals surface area contributed by atoms with Gasteiger partial charge in [-0.2, -0.15) is 0 Å². The van der Waals surface area contributed by atoms with Crippen molar-refractivity contribution in [2.24, 2.45) is 0 Å². The first-order chi connectivity index (χ1) is 13.5. The van der Waals surface area contributed by atoms with Gasteiger partial charge in [0.25, 0.3) is 5.91 Å². The third-order valence-corrected chi connectivity index (χ3v) is 5.27. The smallest absolute Gasteiger partial charge is 0.253 e. The van der Waals surface area contributed by atoms with Crippen molar-refractivity contribution in [2.75, 3.05) is 31.5 Å². The lowest BCUT2D eigenvalue weighted by molar-refractivity contribution is -0.136. The van der Waals surface area contributed by atoms with Crippen LogP contribution < -0.4 is 5.32 Å². The number of carbonyl (C=O) groups is 3. The maximum atomic E-state index is 13.0. The number of hydrogen-bond acceptors (Lipinski definition) is 3. The number of para-hydroxylation sites is 1. The summed E-state index contributed by atoms with van der Waals surface area (Å²) in [7, 11) is 0. The van der Waals surface area contributed by atoms with E-state index in [0.29, 0.717) is 37.4 Å². The molecular weight excluding hydrogens is 361 g/mol. The van der Waals surface area contributed by atoms with Crippen LogP contribution in [0.3, 0.4) is 0 Å². The Labute approximate surface area is 161 Å². The lowest BCUT2D eigenvalue weighted by atomic mass is 9.89. The molecule has 7 heteroatoms. The molecule has 0 aliphatic carbocycles. The Kier molecular flexibility index (Phi) is 4.81. The van der Waals surface area contributed by atoms with Crippen molar-refractivity contribution in [3.8, 4) is 0 Å². The molecule has 2 aromatic rings. The second kappa shape index (κ2) is 7.42. The number of anilines is 1. The summed E-state index contributed by atoms with van der Waals surface area (Å²) in [6, 6.07) is 12.8. The third-order valence-electron chi connectivity index (χ3n) is 5.27. The van der Waals surface area contributed by atoms with E-state index in [-0.39, 0.29) is 30.0 Å². The molecule has 0 bridgehead atoms. The molecule has 2 aliphatic rings. The highest BCUT2D eigenvalue weighted by Crippen LogP contribution is 2.33. The molecule has 6 nitrogen and oxygen atoms in total. The molecule has 1 saturated heterocycles. The van der Waals surface area contributed by atoms with Gasteiger partial charge in [0, 0.05) is 43.9 Å². The van der Waals surface area contributed by atoms with E-state index in [2.05, 4.69) is 5.32 Å². The standard InChI is InChI=1S/C21H20FN3O3/c22-15-7-5-14(6-8-15)20(27)24-9-11-25(12-10-24)21(28)17-13-19(26)23-18-4-2-1-3-16(17)18/h1-8,17H,9-13H2,(H,23,26). The van der Waals surface area contributed by atoms with Crippen molar-refractivity contribution < 1.29 is 18.8 Å². The predicted octanol–water partition coefficient (Wildman–Crippen LogP) is 2.24. The maximum absolute atomic E-state index is 13.0. The number of piperazine rings is 1. The Hall–Kier alpha value is -3.22. The fraction of sp³-hybridized carbons (Fsp3) is 0.286. The van der Waals surface area contributed by atoms with Crippen molar-refractivity contribution in [1.29, 1.82) is 0 Å². The zero-order valence-corrected chi connectivity index (χ0v) is 15.2. The van der Waals surface area contributed by atoms with E-state index in [4.69, 9.17) is 0 Å². The van der Waals surface area contributed by atoms with Crippen molar-refractivity contribution >= 4 is 23.4 Å². The highest BCUT2D eigenvalue weighted by atomic mass is 19.1. The van der Waals surface area contributed by atoms with Crippen molar-refractivity contribution in [1.82, 2.24) is 9.80 Å². The molecule has 28 heavy (non-hydrogen) atoms. The third kappa shape index (κ3) is 3.47. The minimum Gasteiger partial charge on any atom is -0.339 e. The van der Waals surface area contributed by atoms with E-state index in [9.17, 15) is 18.8 Å². The van der Waals surface area contributed by atoms with Crippen LogP contribution in [0.5, 0.6) is 0 Å². The summed E-state index contributed by atoms with van der Waals surface area (Å²) in [6.45, 7) is 1.63. The van der Waals surface area contributed by atoms with Crippen LogP contribution in [0.15, 0.2) is 48.5 Å². The number of carbonyl (C=O) groups excluding carboxylic acids is 3. The highest BCUT2D eigenvalue weighted by Gasteiger charge is 2.35. The summed E-state index contributed by atoms with van der Waals surface area (Å²) in [6.07, 6.45) is 0.130. The zero-order chi connectivity index (χ0) is 19.7. The van der Waals surface area contributed by atoms with E-state index >= 15 is 0 Å². The Morgan fingerprint density at radius 2 is 1.57 bits per heavy atom. The predicted molar refractivity (Wildman–Crippen MR) is 101 cm³/mol. The van der Waals surface area contributed by atoms with E-state index < -0.39 is 5.92 Å². The summed E-state index contributed by atoms with van der Waals surface area (Å²) in [4.78, 5) is 41.0. The molecular formula is C21H20FN3O3. The van der Waals surface area contributed by atoms with Gasteiger partial charge in [0.2, 0.25) is 11.8 Å². The normalized spacial score (nSPS) is 19.0. The van der Waals surface area contributed by atoms with Gasteiger partial charge >= 0.3 is 0 Å². The largest absolute Gasteiger partial charge is 0.339 e. The van der Waals surface area contributed by atoms with Crippen LogP contribution in [-0.2, 0) is 9.59 Å². The maximum Gasteiger partial charge on any atom is 0.253 e. The Morgan fingerprint density at radius 1 is 0.929 bits per heavy atom. The molecule has 2 aliphatic heterocycles. The van der Waals surface area contributed by atoms with E-state index in [1.54, 1.807) is 15.9 Å². The second-order valence-electron chi connectivity index (χ2n) is 7.02. The SMILES string of the molecule is O=C1CC(C(=O)N2CCN(C(=O)c3ccc(F)cc3)CC2)c2ccccc2N1. The number of amides is 3. The van der Waals surface area contributed by atoms with Gasteiger partial charge in [0.05, 0.1) is 5.92 Å². The first-order valence-electron chi connectivity index (χ1n) is 9.25. The van der Waals surface area contributed by atoms with E-state index in [1.807, 2.05) is 18.2 Å². The monoisotopic (exact) mass is 381 g/mol. The van der Waals surface area contributed by atoms with Crippen LogP contribution in [0.4, 0.5) is 10.1 Å². The number of rotatable bonds is 2. The van der Waals surface area contributed by atoms with Gasteiger partial charge in [-0.25, -0.2) is 4.39 Å². The second-order valence-corrected chi connectivity index (χ2v) is 7.02. The number of halogens is 1. The van der Waals surface area contributed by atoms with Crippen LogP contribution in [0.2, 0.25) is 0 Å². The molecule has 1 atom stereocenters. The van der Waals surface area contributed by atoms with E-state index in [1.165, 1.54) is 24.3 Å². The number of nitrogens with zero attached hydrogens (tertiary/aromatic N) is 2. The molecule has 1 N–H and O–H groups in total. The lowest BCUT2D eigenvalue weighted by Gasteiger charge is -2.37.